The number of unbranched alkanes of at least 4 members (excludes halogenated alkanes) is 2. The molecule has 0 bridgehead atoms. The molecule has 0 aromatic carbocycles. The van der Waals surface area contributed by atoms with Gasteiger partial charge in [0.05, 0.1) is 6.07 Å². The van der Waals surface area contributed by atoms with Crippen LogP contribution in [-0.4, -0.2) is 19.3 Å². The molecule has 118 valence electrons. The Morgan fingerprint density at radius 2 is 1.33 bits per heavy atom. The molecule has 0 N–H and O–H groups in total. The van der Waals surface area contributed by atoms with Gasteiger partial charge < -0.3 is 9.31 Å². The summed E-state index contributed by atoms with van der Waals surface area (Å²) in [5, 5.41) is 8.64. The lowest BCUT2D eigenvalue weighted by Gasteiger charge is -2.30. The molecule has 0 spiro atoms. The van der Waals surface area contributed by atoms with Crippen molar-refractivity contribution in [1.82, 2.24) is 0 Å². The predicted molar refractivity (Wildman–Crippen MR) is 85.9 cm³/mol. The van der Waals surface area contributed by atoms with Crippen LogP contribution in [0.5, 0.6) is 0 Å². The molecule has 0 amide bonds. The van der Waals surface area contributed by atoms with Crippen LogP contribution in [0.15, 0.2) is 0 Å². The summed E-state index contributed by atoms with van der Waals surface area (Å²) in [6.07, 6.45) is 17.1. The van der Waals surface area contributed by atoms with Crippen molar-refractivity contribution in [3.05, 3.63) is 0 Å². The van der Waals surface area contributed by atoms with Gasteiger partial charge in [-0.25, -0.2) is 0 Å². The van der Waals surface area contributed by atoms with Crippen molar-refractivity contribution < 1.29 is 9.31 Å². The van der Waals surface area contributed by atoms with Crippen LogP contribution in [0, 0.1) is 11.3 Å². The third-order valence-corrected chi connectivity index (χ3v) is 4.77. The van der Waals surface area contributed by atoms with Gasteiger partial charge in [-0.05, 0) is 38.4 Å². The van der Waals surface area contributed by atoms with Gasteiger partial charge >= 0.3 is 7.12 Å². The predicted octanol–water partition coefficient (Wildman–Crippen LogP) is 4.87. The third-order valence-electron chi connectivity index (χ3n) is 4.77. The highest BCUT2D eigenvalue weighted by Crippen LogP contribution is 2.26. The maximum Gasteiger partial charge on any atom is 0.457 e. The van der Waals surface area contributed by atoms with Crippen molar-refractivity contribution in [3.63, 3.8) is 0 Å². The van der Waals surface area contributed by atoms with Crippen molar-refractivity contribution in [3.8, 4) is 6.07 Å². The Morgan fingerprint density at radius 1 is 0.810 bits per heavy atom. The summed E-state index contributed by atoms with van der Waals surface area (Å²) in [7, 11) is -0.0325. The topological polar surface area (TPSA) is 42.2 Å². The van der Waals surface area contributed by atoms with Gasteiger partial charge in [-0.15, -0.1) is 0 Å². The van der Waals surface area contributed by atoms with Crippen molar-refractivity contribution in [2.45, 2.75) is 102 Å². The molecule has 2 saturated carbocycles. The SMILES string of the molecule is N#CCCCCB(OC1CCCCC1)OC1CCCCC1. The van der Waals surface area contributed by atoms with Crippen LogP contribution >= 0.6 is 0 Å². The summed E-state index contributed by atoms with van der Waals surface area (Å²) in [4.78, 5) is 0. The van der Waals surface area contributed by atoms with Gasteiger partial charge in [-0.1, -0.05) is 44.9 Å². The van der Waals surface area contributed by atoms with Crippen molar-refractivity contribution in [2.75, 3.05) is 0 Å². The molecule has 3 nitrogen and oxygen atoms in total. The van der Waals surface area contributed by atoms with Crippen LogP contribution in [0.3, 0.4) is 0 Å². The highest BCUT2D eigenvalue weighted by Gasteiger charge is 2.27. The summed E-state index contributed by atoms with van der Waals surface area (Å²) >= 11 is 0. The zero-order valence-corrected chi connectivity index (χ0v) is 13.4. The van der Waals surface area contributed by atoms with Gasteiger partial charge in [0.2, 0.25) is 0 Å². The Morgan fingerprint density at radius 3 is 1.81 bits per heavy atom. The van der Waals surface area contributed by atoms with Crippen LogP contribution in [0.1, 0.15) is 83.5 Å². The standard InChI is InChI=1S/C17H30BNO2/c19-15-9-3-8-14-18(20-16-10-4-1-5-11-16)21-17-12-6-2-7-13-17/h16-17H,1-14H2. The molecule has 0 radical (unpaired) electrons. The fourth-order valence-electron chi connectivity index (χ4n) is 3.51. The summed E-state index contributed by atoms with van der Waals surface area (Å²) in [5.41, 5.74) is 0. The molecule has 2 aliphatic carbocycles. The molecule has 0 aromatic rings. The van der Waals surface area contributed by atoms with E-state index in [9.17, 15) is 0 Å². The lowest BCUT2D eigenvalue weighted by Crippen LogP contribution is -2.34. The van der Waals surface area contributed by atoms with Crippen LogP contribution in [0.2, 0.25) is 6.32 Å². The first-order valence-corrected chi connectivity index (χ1v) is 9.06. The second kappa shape index (κ2) is 10.2. The average Bonchev–Trinajstić information content (AvgIpc) is 2.53. The van der Waals surface area contributed by atoms with Gasteiger partial charge in [0.15, 0.2) is 0 Å². The monoisotopic (exact) mass is 291 g/mol. The molecule has 0 aromatic heterocycles. The van der Waals surface area contributed by atoms with E-state index < -0.39 is 0 Å². The van der Waals surface area contributed by atoms with E-state index in [1.54, 1.807) is 0 Å². The first-order chi connectivity index (χ1) is 10.4. The Bertz CT molecular complexity index is 286. The highest BCUT2D eigenvalue weighted by molar-refractivity contribution is 6.44. The first kappa shape index (κ1) is 16.8. The molecule has 4 heteroatoms. The quantitative estimate of drug-likeness (QED) is 0.473. The molecule has 0 atom stereocenters. The van der Waals surface area contributed by atoms with Gasteiger partial charge in [0.1, 0.15) is 0 Å². The summed E-state index contributed by atoms with van der Waals surface area (Å²) < 4.78 is 12.5. The van der Waals surface area contributed by atoms with Crippen molar-refractivity contribution in [1.29, 1.82) is 5.26 Å². The van der Waals surface area contributed by atoms with Crippen LogP contribution in [0.25, 0.3) is 0 Å². The number of hydrogen-bond acceptors (Lipinski definition) is 3. The van der Waals surface area contributed by atoms with Gasteiger partial charge in [-0.3, -0.25) is 0 Å². The third kappa shape index (κ3) is 6.85. The molecule has 2 fully saturated rings. The molecule has 0 saturated heterocycles. The normalized spacial score (nSPS) is 21.1. The Hall–Kier alpha value is -0.525. The van der Waals surface area contributed by atoms with E-state index in [1.165, 1.54) is 64.2 Å². The molecule has 2 aliphatic rings. The van der Waals surface area contributed by atoms with E-state index in [-0.39, 0.29) is 7.12 Å². The smallest absolute Gasteiger partial charge is 0.408 e. The minimum absolute atomic E-state index is 0.0325. The molecule has 21 heavy (non-hydrogen) atoms. The van der Waals surface area contributed by atoms with Gasteiger partial charge in [-0.2, -0.15) is 5.26 Å². The van der Waals surface area contributed by atoms with Crippen LogP contribution < -0.4 is 0 Å². The average molecular weight is 291 g/mol. The van der Waals surface area contributed by atoms with Crippen LogP contribution in [0.4, 0.5) is 0 Å². The summed E-state index contributed by atoms with van der Waals surface area (Å²) in [5.74, 6) is 0. The second-order valence-corrected chi connectivity index (χ2v) is 6.63. The second-order valence-electron chi connectivity index (χ2n) is 6.63. The lowest BCUT2D eigenvalue weighted by atomic mass is 9.79. The summed E-state index contributed by atoms with van der Waals surface area (Å²) in [6.45, 7) is 0. The van der Waals surface area contributed by atoms with E-state index in [1.807, 2.05) is 0 Å². The highest BCUT2D eigenvalue weighted by atomic mass is 16.6. The Kier molecular flexibility index (Phi) is 8.21. The molecule has 0 unspecified atom stereocenters. The molecular weight excluding hydrogens is 261 g/mol. The van der Waals surface area contributed by atoms with Crippen molar-refractivity contribution in [2.24, 2.45) is 0 Å². The zero-order chi connectivity index (χ0) is 14.8. The Labute approximate surface area is 130 Å². The zero-order valence-electron chi connectivity index (χ0n) is 13.4. The van der Waals surface area contributed by atoms with E-state index >= 15 is 0 Å². The van der Waals surface area contributed by atoms with E-state index in [0.717, 1.165) is 19.2 Å². The number of hydrogen-bond donors (Lipinski definition) is 0. The Balaban J connectivity index is 1.75. The number of nitrogens with zero attached hydrogens (tertiary/aromatic N) is 1. The fourth-order valence-corrected chi connectivity index (χ4v) is 3.51. The van der Waals surface area contributed by atoms with E-state index in [4.69, 9.17) is 14.6 Å². The number of rotatable bonds is 8. The van der Waals surface area contributed by atoms with E-state index in [0.29, 0.717) is 18.6 Å². The van der Waals surface area contributed by atoms with Crippen LogP contribution in [-0.2, 0) is 9.31 Å². The lowest BCUT2D eigenvalue weighted by molar-refractivity contribution is 0.0655. The van der Waals surface area contributed by atoms with Gasteiger partial charge in [0, 0.05) is 18.6 Å². The number of nitriles is 1. The maximum absolute atomic E-state index is 8.64. The first-order valence-electron chi connectivity index (χ1n) is 9.06. The van der Waals surface area contributed by atoms with E-state index in [2.05, 4.69) is 6.07 Å². The fraction of sp³-hybridized carbons (Fsp3) is 0.941. The molecule has 0 aliphatic heterocycles. The van der Waals surface area contributed by atoms with Gasteiger partial charge in [0.25, 0.3) is 0 Å². The maximum atomic E-state index is 8.64. The summed E-state index contributed by atoms with van der Waals surface area (Å²) in [6, 6.07) is 2.22. The van der Waals surface area contributed by atoms with Crippen molar-refractivity contribution >= 4 is 7.12 Å². The molecule has 0 heterocycles. The largest absolute Gasteiger partial charge is 0.457 e. The minimum Gasteiger partial charge on any atom is -0.408 e. The molecule has 2 rings (SSSR count). The molecular formula is C17H30BNO2. The minimum atomic E-state index is -0.0325.